The van der Waals surface area contributed by atoms with Crippen LogP contribution in [0, 0.1) is 11.1 Å². The Morgan fingerprint density at radius 3 is 2.37 bits per heavy atom. The summed E-state index contributed by atoms with van der Waals surface area (Å²) in [6.07, 6.45) is 1.30. The molecule has 0 radical (unpaired) electrons. The van der Waals surface area contributed by atoms with E-state index in [4.69, 9.17) is 37.4 Å². The van der Waals surface area contributed by atoms with Crippen molar-refractivity contribution < 1.29 is 50.5 Å². The van der Waals surface area contributed by atoms with Crippen LogP contribution in [0.2, 0.25) is 10.0 Å². The molecule has 1 aromatic carbocycles. The van der Waals surface area contributed by atoms with Gasteiger partial charge in [-0.2, -0.15) is 13.5 Å². The minimum Gasteiger partial charge on any atom is -0.619 e. The van der Waals surface area contributed by atoms with Gasteiger partial charge in [0.25, 0.3) is 10.0 Å². The first kappa shape index (κ1) is 35.5. The highest BCUT2D eigenvalue weighted by Gasteiger charge is 2.35. The summed E-state index contributed by atoms with van der Waals surface area (Å²) in [5.74, 6) is -1.11. The van der Waals surface area contributed by atoms with E-state index in [1.807, 2.05) is 0 Å². The number of carbonyl (C=O) groups excluding carboxylic acids is 2. The molecule has 11 nitrogen and oxygen atoms in total. The van der Waals surface area contributed by atoms with Crippen molar-refractivity contribution in [2.45, 2.75) is 63.2 Å². The summed E-state index contributed by atoms with van der Waals surface area (Å²) < 4.78 is 75.2. The van der Waals surface area contributed by atoms with Gasteiger partial charge in [0.1, 0.15) is 31.5 Å². The fraction of sp³-hybridized carbons (Fsp3) is 0.414. The summed E-state index contributed by atoms with van der Waals surface area (Å²) in [6, 6.07) is 5.09. The zero-order chi connectivity index (χ0) is 34.0. The summed E-state index contributed by atoms with van der Waals surface area (Å²) >= 11 is 13.4. The lowest BCUT2D eigenvalue weighted by Gasteiger charge is -2.24. The molecule has 0 N–H and O–H groups in total. The van der Waals surface area contributed by atoms with Gasteiger partial charge in [-0.1, -0.05) is 29.3 Å². The van der Waals surface area contributed by atoms with Crippen molar-refractivity contribution in [1.82, 2.24) is 4.31 Å². The molecule has 0 spiro atoms. The average molecular weight is 724 g/mol. The van der Waals surface area contributed by atoms with Gasteiger partial charge in [-0.3, -0.25) is 0 Å². The number of hydrogen-bond donors (Lipinski definition) is 0. The third-order valence-corrected chi connectivity index (χ3v) is 9.97. The van der Waals surface area contributed by atoms with Crippen LogP contribution in [-0.4, -0.2) is 50.7 Å². The predicted octanol–water partition coefficient (Wildman–Crippen LogP) is 6.77. The Kier molecular flexibility index (Phi) is 10.9. The number of amides is 1. The van der Waals surface area contributed by atoms with Crippen LogP contribution >= 0.6 is 34.5 Å². The molecule has 1 aliphatic carbocycles. The van der Waals surface area contributed by atoms with Gasteiger partial charge in [-0.25, -0.2) is 22.3 Å². The van der Waals surface area contributed by atoms with E-state index in [1.165, 1.54) is 23.6 Å². The van der Waals surface area contributed by atoms with Gasteiger partial charge in [-0.15, -0.1) is 11.3 Å². The first-order valence-corrected chi connectivity index (χ1v) is 16.8. The first-order chi connectivity index (χ1) is 21.5. The van der Waals surface area contributed by atoms with Crippen molar-refractivity contribution in [3.63, 3.8) is 0 Å². The third-order valence-electron chi connectivity index (χ3n) is 6.53. The molecular weight excluding hydrogens is 693 g/mol. The minimum absolute atomic E-state index is 0.0354. The lowest BCUT2D eigenvalue weighted by Crippen LogP contribution is -2.38. The zero-order valence-electron chi connectivity index (χ0n) is 25.0. The Hall–Kier alpha value is -3.40. The average Bonchev–Trinajstić information content (AvgIpc) is 3.63. The van der Waals surface area contributed by atoms with Crippen molar-refractivity contribution in [3.8, 4) is 11.5 Å². The highest BCUT2D eigenvalue weighted by Crippen LogP contribution is 2.38. The van der Waals surface area contributed by atoms with Crippen LogP contribution in [0.25, 0.3) is 0 Å². The quantitative estimate of drug-likeness (QED) is 0.113. The second-order valence-corrected chi connectivity index (χ2v) is 15.0. The Balaban J connectivity index is 1.71. The molecule has 0 aliphatic heterocycles. The molecule has 4 rings (SSSR count). The van der Waals surface area contributed by atoms with Crippen LogP contribution in [-0.2, 0) is 25.9 Å². The van der Waals surface area contributed by atoms with Crippen LogP contribution in [0.4, 0.5) is 13.6 Å². The molecule has 0 unspecified atom stereocenters. The number of benzene rings is 1. The number of sulfonamides is 1. The fourth-order valence-corrected chi connectivity index (χ4v) is 6.97. The van der Waals surface area contributed by atoms with E-state index >= 15 is 0 Å². The zero-order valence-corrected chi connectivity index (χ0v) is 28.1. The van der Waals surface area contributed by atoms with Crippen molar-refractivity contribution in [1.29, 1.82) is 0 Å². The van der Waals surface area contributed by atoms with Crippen molar-refractivity contribution in [3.05, 3.63) is 73.3 Å². The van der Waals surface area contributed by atoms with Gasteiger partial charge in [-0.05, 0) is 68.7 Å². The van der Waals surface area contributed by atoms with Gasteiger partial charge < -0.3 is 24.2 Å². The molecule has 17 heteroatoms. The highest BCUT2D eigenvalue weighted by molar-refractivity contribution is 7.89. The summed E-state index contributed by atoms with van der Waals surface area (Å²) in [4.78, 5) is 25.3. The number of alkyl halides is 2. The lowest BCUT2D eigenvalue weighted by atomic mass is 10.0. The molecule has 1 fully saturated rings. The maximum atomic E-state index is 13.6. The van der Waals surface area contributed by atoms with E-state index in [0.717, 1.165) is 49.7 Å². The van der Waals surface area contributed by atoms with Crippen LogP contribution in [0.1, 0.15) is 60.5 Å². The first-order valence-electron chi connectivity index (χ1n) is 13.7. The standard InChI is InChI=1S/C29H30Cl2F2N2O9S2/c1-29(2,3)44-28(37)34(4)46(39,40)24-9-10-45-25(24)26(36)42-22(12-18-19(30)13-35(38)14-20(18)31)17-7-8-21(43-27(32)33)23(11-17)41-15-16-5-6-16/h7-11,13-14,16,22,27H,5-6,12,15H2,1-4H3/t22-/m0/s1. The maximum Gasteiger partial charge on any atom is 0.424 e. The number of carbonyl (C=O) groups is 2. The Morgan fingerprint density at radius 1 is 1.13 bits per heavy atom. The molecule has 0 bridgehead atoms. The summed E-state index contributed by atoms with van der Waals surface area (Å²) in [7, 11) is -3.58. The number of ether oxygens (including phenoxy) is 4. The van der Waals surface area contributed by atoms with Crippen LogP contribution < -0.4 is 14.2 Å². The van der Waals surface area contributed by atoms with Gasteiger partial charge in [0, 0.05) is 19.0 Å². The SMILES string of the molecule is CN(C(=O)OC(C)(C)C)S(=O)(=O)c1ccsc1C(=O)O[C@@H](Cc1c(Cl)c[n+]([O-])cc1Cl)c1ccc(OC(F)F)c(OCC2CC2)c1. The molecular formula is C29H30Cl2F2N2O9S2. The number of aromatic nitrogens is 1. The second-order valence-electron chi connectivity index (χ2n) is 11.3. The largest absolute Gasteiger partial charge is 0.619 e. The van der Waals surface area contributed by atoms with Crippen LogP contribution in [0.15, 0.2) is 46.9 Å². The fourth-order valence-electron chi connectivity index (χ4n) is 4.07. The van der Waals surface area contributed by atoms with Crippen LogP contribution in [0.3, 0.4) is 0 Å². The Morgan fingerprint density at radius 2 is 1.78 bits per heavy atom. The normalized spacial score (nSPS) is 14.1. The molecule has 0 saturated heterocycles. The summed E-state index contributed by atoms with van der Waals surface area (Å²) in [5, 5.41) is 13.1. The van der Waals surface area contributed by atoms with E-state index in [0.29, 0.717) is 9.04 Å². The summed E-state index contributed by atoms with van der Waals surface area (Å²) in [5.41, 5.74) is -0.545. The Bertz CT molecular complexity index is 1690. The highest BCUT2D eigenvalue weighted by atomic mass is 35.5. The molecule has 250 valence electrons. The van der Waals surface area contributed by atoms with Crippen molar-refractivity contribution >= 4 is 56.6 Å². The monoisotopic (exact) mass is 722 g/mol. The van der Waals surface area contributed by atoms with Gasteiger partial charge in [0.2, 0.25) is 0 Å². The van der Waals surface area contributed by atoms with E-state index in [9.17, 15) is 32.0 Å². The second kappa shape index (κ2) is 14.2. The van der Waals surface area contributed by atoms with E-state index in [-0.39, 0.29) is 56.5 Å². The molecule has 2 heterocycles. The maximum absolute atomic E-state index is 13.6. The molecule has 1 atom stereocenters. The van der Waals surface area contributed by atoms with Crippen LogP contribution in [0.5, 0.6) is 11.5 Å². The number of halogens is 4. The van der Waals surface area contributed by atoms with Gasteiger partial charge in [0.15, 0.2) is 23.9 Å². The van der Waals surface area contributed by atoms with Crippen molar-refractivity contribution in [2.24, 2.45) is 5.92 Å². The molecule has 46 heavy (non-hydrogen) atoms. The third kappa shape index (κ3) is 8.90. The number of rotatable bonds is 12. The number of pyridine rings is 1. The molecule has 1 aliphatic rings. The molecule has 2 aromatic heterocycles. The minimum atomic E-state index is -4.57. The Labute approximate surface area is 278 Å². The summed E-state index contributed by atoms with van der Waals surface area (Å²) in [6.45, 7) is 1.80. The number of hydrogen-bond acceptors (Lipinski definition) is 10. The number of esters is 1. The molecule has 1 saturated carbocycles. The van der Waals surface area contributed by atoms with E-state index < -0.39 is 45.3 Å². The molecule has 3 aromatic rings. The predicted molar refractivity (Wildman–Crippen MR) is 164 cm³/mol. The van der Waals surface area contributed by atoms with E-state index in [2.05, 4.69) is 4.74 Å². The smallest absolute Gasteiger partial charge is 0.424 e. The number of thiophene rings is 1. The van der Waals surface area contributed by atoms with Gasteiger partial charge in [0.05, 0.1) is 6.61 Å². The number of nitrogens with zero attached hydrogens (tertiary/aromatic N) is 2. The van der Waals surface area contributed by atoms with Crippen molar-refractivity contribution in [2.75, 3.05) is 13.7 Å². The lowest BCUT2D eigenvalue weighted by molar-refractivity contribution is -0.605. The van der Waals surface area contributed by atoms with Gasteiger partial charge >= 0.3 is 18.7 Å². The topological polar surface area (TPSA) is 135 Å². The van der Waals surface area contributed by atoms with E-state index in [1.54, 1.807) is 20.8 Å². The molecule has 1 amide bonds.